The maximum atomic E-state index is 5.46. The van der Waals surface area contributed by atoms with Gasteiger partial charge in [0.2, 0.25) is 0 Å². The van der Waals surface area contributed by atoms with Gasteiger partial charge in [0.05, 0.1) is 11.9 Å². The van der Waals surface area contributed by atoms with Gasteiger partial charge >= 0.3 is 0 Å². The van der Waals surface area contributed by atoms with Crippen molar-refractivity contribution in [2.24, 2.45) is 0 Å². The molecule has 0 aliphatic carbocycles. The van der Waals surface area contributed by atoms with Gasteiger partial charge in [-0.25, -0.2) is 0 Å². The Morgan fingerprint density at radius 1 is 1.54 bits per heavy atom. The quantitative estimate of drug-likeness (QED) is 0.625. The van der Waals surface area contributed by atoms with E-state index in [0.717, 1.165) is 19.4 Å². The van der Waals surface area contributed by atoms with Crippen LogP contribution in [0.1, 0.15) is 12.8 Å². The first-order valence-corrected chi connectivity index (χ1v) is 3.54. The zero-order valence-electron chi connectivity index (χ0n) is 7.14. The molecule has 0 fully saturated rings. The molecule has 0 spiro atoms. The lowest BCUT2D eigenvalue weighted by atomic mass is 10.3. The fourth-order valence-electron chi connectivity index (χ4n) is 0.845. The summed E-state index contributed by atoms with van der Waals surface area (Å²) in [5, 5.41) is 4.01. The second-order valence-corrected chi connectivity index (χ2v) is 2.34. The fraction of sp³-hybridized carbons (Fsp3) is 0.375. The van der Waals surface area contributed by atoms with Crippen LogP contribution in [0.15, 0.2) is 12.4 Å². The molecule has 0 saturated heterocycles. The molecule has 0 unspecified atom stereocenters. The van der Waals surface area contributed by atoms with Crippen LogP contribution in [-0.2, 0) is 6.54 Å². The van der Waals surface area contributed by atoms with Gasteiger partial charge < -0.3 is 5.73 Å². The SMILES string of the molecule is C#CCCCn1cc(N)cn1.Cl.Cl. The van der Waals surface area contributed by atoms with Gasteiger partial charge in [-0.2, -0.15) is 5.10 Å². The Hall–Kier alpha value is -0.850. The van der Waals surface area contributed by atoms with Gasteiger partial charge in [0.25, 0.3) is 0 Å². The van der Waals surface area contributed by atoms with E-state index in [4.69, 9.17) is 12.2 Å². The van der Waals surface area contributed by atoms with Gasteiger partial charge in [0.15, 0.2) is 0 Å². The largest absolute Gasteiger partial charge is 0.396 e. The van der Waals surface area contributed by atoms with Gasteiger partial charge in [0.1, 0.15) is 0 Å². The van der Waals surface area contributed by atoms with Crippen molar-refractivity contribution in [2.75, 3.05) is 5.73 Å². The Bertz CT molecular complexity index is 265. The van der Waals surface area contributed by atoms with E-state index < -0.39 is 0 Å². The molecule has 1 heterocycles. The summed E-state index contributed by atoms with van der Waals surface area (Å²) in [6.45, 7) is 0.849. The third kappa shape index (κ3) is 5.40. The van der Waals surface area contributed by atoms with Crippen LogP contribution in [0, 0.1) is 12.3 Å². The molecule has 0 aromatic carbocycles. The Morgan fingerprint density at radius 2 is 2.23 bits per heavy atom. The number of unbranched alkanes of at least 4 members (excludes halogenated alkanes) is 1. The minimum atomic E-state index is 0. The Labute approximate surface area is 90.5 Å². The monoisotopic (exact) mass is 221 g/mol. The van der Waals surface area contributed by atoms with Crippen molar-refractivity contribution in [2.45, 2.75) is 19.4 Å². The number of rotatable bonds is 3. The first-order valence-electron chi connectivity index (χ1n) is 3.54. The first kappa shape index (κ1) is 14.7. The molecule has 1 aromatic rings. The van der Waals surface area contributed by atoms with Gasteiger partial charge in [-0.3, -0.25) is 4.68 Å². The number of nitrogens with two attached hydrogens (primary N) is 1. The van der Waals surface area contributed by atoms with Gasteiger partial charge in [-0.1, -0.05) is 0 Å². The molecule has 0 amide bonds. The van der Waals surface area contributed by atoms with Crippen molar-refractivity contribution in [3.05, 3.63) is 12.4 Å². The summed E-state index contributed by atoms with van der Waals surface area (Å²) in [6.07, 6.45) is 10.3. The standard InChI is InChI=1S/C8H11N3.2ClH/c1-2-3-4-5-11-7-8(9)6-10-11;;/h1,6-7H,3-5,9H2;2*1H. The molecule has 0 saturated carbocycles. The summed E-state index contributed by atoms with van der Waals surface area (Å²) in [4.78, 5) is 0. The smallest absolute Gasteiger partial charge is 0.0719 e. The second-order valence-electron chi connectivity index (χ2n) is 2.34. The lowest BCUT2D eigenvalue weighted by Gasteiger charge is -1.95. The molecule has 0 atom stereocenters. The lowest BCUT2D eigenvalue weighted by molar-refractivity contribution is 0.587. The van der Waals surface area contributed by atoms with E-state index in [1.807, 2.05) is 0 Å². The summed E-state index contributed by atoms with van der Waals surface area (Å²) in [7, 11) is 0. The highest BCUT2D eigenvalue weighted by Crippen LogP contribution is 1.99. The number of aryl methyl sites for hydroxylation is 1. The van der Waals surface area contributed by atoms with E-state index in [9.17, 15) is 0 Å². The van der Waals surface area contributed by atoms with Crippen molar-refractivity contribution in [1.82, 2.24) is 9.78 Å². The van der Waals surface area contributed by atoms with Crippen LogP contribution in [-0.4, -0.2) is 9.78 Å². The fourth-order valence-corrected chi connectivity index (χ4v) is 0.845. The van der Waals surface area contributed by atoms with Gasteiger partial charge in [0, 0.05) is 19.2 Å². The zero-order chi connectivity index (χ0) is 8.10. The number of terminal acetylenes is 1. The van der Waals surface area contributed by atoms with Crippen molar-refractivity contribution >= 4 is 30.5 Å². The molecule has 0 bridgehead atoms. The molecule has 3 nitrogen and oxygen atoms in total. The molecule has 13 heavy (non-hydrogen) atoms. The third-order valence-corrected chi connectivity index (χ3v) is 1.36. The summed E-state index contributed by atoms with van der Waals surface area (Å²) in [5.74, 6) is 2.57. The van der Waals surface area contributed by atoms with Crippen molar-refractivity contribution in [1.29, 1.82) is 0 Å². The van der Waals surface area contributed by atoms with E-state index >= 15 is 0 Å². The van der Waals surface area contributed by atoms with Crippen molar-refractivity contribution in [3.63, 3.8) is 0 Å². The number of hydrogen-bond donors (Lipinski definition) is 1. The highest BCUT2D eigenvalue weighted by Gasteiger charge is 1.91. The highest BCUT2D eigenvalue weighted by molar-refractivity contribution is 5.85. The molecule has 0 aliphatic rings. The van der Waals surface area contributed by atoms with Crippen LogP contribution in [0.2, 0.25) is 0 Å². The molecule has 1 rings (SSSR count). The van der Waals surface area contributed by atoms with Crippen LogP contribution < -0.4 is 5.73 Å². The maximum Gasteiger partial charge on any atom is 0.0719 e. The van der Waals surface area contributed by atoms with Gasteiger partial charge in [-0.15, -0.1) is 37.2 Å². The Kier molecular flexibility index (Phi) is 8.78. The Balaban J connectivity index is 0. The average molecular weight is 222 g/mol. The maximum absolute atomic E-state index is 5.46. The molecule has 5 heteroatoms. The summed E-state index contributed by atoms with van der Waals surface area (Å²) >= 11 is 0. The second kappa shape index (κ2) is 7.78. The number of aromatic nitrogens is 2. The minimum Gasteiger partial charge on any atom is -0.396 e. The number of anilines is 1. The topological polar surface area (TPSA) is 43.8 Å². The number of halogens is 2. The minimum absolute atomic E-state index is 0. The van der Waals surface area contributed by atoms with Crippen LogP contribution in [0.5, 0.6) is 0 Å². The molecule has 1 aromatic heterocycles. The summed E-state index contributed by atoms with van der Waals surface area (Å²) < 4.78 is 1.80. The molecule has 2 N–H and O–H groups in total. The molecule has 0 aliphatic heterocycles. The van der Waals surface area contributed by atoms with Crippen LogP contribution in [0.25, 0.3) is 0 Å². The van der Waals surface area contributed by atoms with Crippen LogP contribution in [0.4, 0.5) is 5.69 Å². The van der Waals surface area contributed by atoms with Gasteiger partial charge in [-0.05, 0) is 6.42 Å². The molecular weight excluding hydrogens is 209 g/mol. The van der Waals surface area contributed by atoms with E-state index in [1.54, 1.807) is 17.1 Å². The number of nitrogens with zero attached hydrogens (tertiary/aromatic N) is 2. The van der Waals surface area contributed by atoms with E-state index in [-0.39, 0.29) is 24.8 Å². The lowest BCUT2D eigenvalue weighted by Crippen LogP contribution is -1.97. The average Bonchev–Trinajstić information content (AvgIpc) is 2.37. The normalized spacial score (nSPS) is 7.92. The van der Waals surface area contributed by atoms with E-state index in [1.165, 1.54) is 0 Å². The predicted molar refractivity (Wildman–Crippen MR) is 59.2 cm³/mol. The first-order chi connectivity index (χ1) is 5.33. The van der Waals surface area contributed by atoms with Crippen molar-refractivity contribution < 1.29 is 0 Å². The van der Waals surface area contributed by atoms with E-state index in [0.29, 0.717) is 5.69 Å². The number of nitrogen functional groups attached to an aromatic ring is 1. The number of hydrogen-bond acceptors (Lipinski definition) is 2. The summed E-state index contributed by atoms with van der Waals surface area (Å²) in [5.41, 5.74) is 6.16. The third-order valence-electron chi connectivity index (χ3n) is 1.36. The molecule has 0 radical (unpaired) electrons. The molecular formula is C8H13Cl2N3. The molecule has 74 valence electrons. The van der Waals surface area contributed by atoms with Crippen LogP contribution >= 0.6 is 24.8 Å². The predicted octanol–water partition coefficient (Wildman–Crippen LogP) is 1.72. The van der Waals surface area contributed by atoms with E-state index in [2.05, 4.69) is 11.0 Å². The summed E-state index contributed by atoms with van der Waals surface area (Å²) in [6, 6.07) is 0. The zero-order valence-corrected chi connectivity index (χ0v) is 8.77. The highest BCUT2D eigenvalue weighted by atomic mass is 35.5. The van der Waals surface area contributed by atoms with Crippen molar-refractivity contribution in [3.8, 4) is 12.3 Å². The Morgan fingerprint density at radius 3 is 2.69 bits per heavy atom. The van der Waals surface area contributed by atoms with Crippen LogP contribution in [0.3, 0.4) is 0 Å².